The zero-order valence-electron chi connectivity index (χ0n) is 16.0. The maximum absolute atomic E-state index is 12.3. The summed E-state index contributed by atoms with van der Waals surface area (Å²) >= 11 is 0. The van der Waals surface area contributed by atoms with Gasteiger partial charge in [0.15, 0.2) is 5.76 Å². The lowest BCUT2D eigenvalue weighted by atomic mass is 10.2. The molecule has 0 saturated carbocycles. The molecule has 0 bridgehead atoms. The fourth-order valence-corrected chi connectivity index (χ4v) is 2.97. The van der Waals surface area contributed by atoms with Crippen LogP contribution in [0, 0.1) is 13.8 Å². The van der Waals surface area contributed by atoms with Gasteiger partial charge in [-0.2, -0.15) is 0 Å². The summed E-state index contributed by atoms with van der Waals surface area (Å²) in [4.78, 5) is 29.0. The molecule has 4 aromatic rings. The number of benzene rings is 1. The van der Waals surface area contributed by atoms with Crippen LogP contribution in [-0.2, 0) is 6.61 Å². The average molecular weight is 389 g/mol. The number of fused-ring (bicyclic) bond motifs is 1. The summed E-state index contributed by atoms with van der Waals surface area (Å²) in [5.41, 5.74) is 3.37. The predicted molar refractivity (Wildman–Crippen MR) is 108 cm³/mol. The Bertz CT molecular complexity index is 1240. The predicted octanol–water partition coefficient (Wildman–Crippen LogP) is 3.74. The molecule has 0 radical (unpaired) electrons. The number of nitrogens with one attached hydrogen (secondary N) is 1. The maximum atomic E-state index is 12.3. The summed E-state index contributed by atoms with van der Waals surface area (Å²) < 4.78 is 12.5. The van der Waals surface area contributed by atoms with Crippen LogP contribution >= 0.6 is 0 Å². The Labute approximate surface area is 166 Å². The molecule has 0 aliphatic rings. The summed E-state index contributed by atoms with van der Waals surface area (Å²) in [5, 5.41) is 2.77. The zero-order chi connectivity index (χ0) is 20.4. The van der Waals surface area contributed by atoms with E-state index in [2.05, 4.69) is 10.3 Å². The third-order valence-electron chi connectivity index (χ3n) is 4.51. The molecule has 1 N–H and O–H groups in total. The van der Waals surface area contributed by atoms with Crippen molar-refractivity contribution in [3.05, 3.63) is 93.9 Å². The van der Waals surface area contributed by atoms with E-state index in [1.807, 2.05) is 32.0 Å². The highest BCUT2D eigenvalue weighted by Gasteiger charge is 2.11. The average Bonchev–Trinajstić information content (AvgIpc) is 3.24. The molecule has 3 heterocycles. The summed E-state index contributed by atoms with van der Waals surface area (Å²) in [6.07, 6.45) is 3.14. The van der Waals surface area contributed by atoms with E-state index < -0.39 is 0 Å². The number of amides is 1. The third-order valence-corrected chi connectivity index (χ3v) is 4.51. The molecule has 146 valence electrons. The number of aromatic nitrogens is 2. The van der Waals surface area contributed by atoms with Gasteiger partial charge in [0.05, 0.1) is 12.0 Å². The van der Waals surface area contributed by atoms with Crippen molar-refractivity contribution in [2.45, 2.75) is 20.5 Å². The Hall–Kier alpha value is -3.87. The van der Waals surface area contributed by atoms with Crippen molar-refractivity contribution >= 4 is 17.2 Å². The molecule has 0 aliphatic heterocycles. The van der Waals surface area contributed by atoms with E-state index in [0.717, 1.165) is 11.1 Å². The van der Waals surface area contributed by atoms with Crippen LogP contribution in [0.1, 0.15) is 27.4 Å². The van der Waals surface area contributed by atoms with Gasteiger partial charge in [-0.15, -0.1) is 0 Å². The third kappa shape index (κ3) is 3.89. The molecule has 1 aromatic carbocycles. The topological polar surface area (TPSA) is 85.8 Å². The number of anilines is 1. The van der Waals surface area contributed by atoms with Crippen LogP contribution in [0.15, 0.2) is 70.2 Å². The SMILES string of the molecule is Cc1ccc(NC(=O)c2ccco2)cc1OCc1cc(=O)n2cccc(C)c2n1. The van der Waals surface area contributed by atoms with Gasteiger partial charge in [-0.3, -0.25) is 14.0 Å². The standard InChI is InChI=1S/C22H19N3O4/c1-14-7-8-16(24-22(27)18-6-4-10-28-18)11-19(14)29-13-17-12-20(26)25-9-3-5-15(2)21(25)23-17/h3-12H,13H2,1-2H3,(H,24,27). The highest BCUT2D eigenvalue weighted by atomic mass is 16.5. The van der Waals surface area contributed by atoms with E-state index in [4.69, 9.17) is 9.15 Å². The lowest BCUT2D eigenvalue weighted by Crippen LogP contribution is -2.17. The van der Waals surface area contributed by atoms with Gasteiger partial charge >= 0.3 is 0 Å². The van der Waals surface area contributed by atoms with Crippen molar-refractivity contribution in [1.82, 2.24) is 9.38 Å². The fraction of sp³-hybridized carbons (Fsp3) is 0.136. The van der Waals surface area contributed by atoms with Gasteiger partial charge in [-0.25, -0.2) is 4.98 Å². The molecule has 7 heteroatoms. The van der Waals surface area contributed by atoms with Crippen molar-refractivity contribution in [3.8, 4) is 5.75 Å². The normalized spacial score (nSPS) is 10.8. The highest BCUT2D eigenvalue weighted by molar-refractivity contribution is 6.02. The number of hydrogen-bond donors (Lipinski definition) is 1. The van der Waals surface area contributed by atoms with Gasteiger partial charge in [0.25, 0.3) is 11.5 Å². The van der Waals surface area contributed by atoms with Crippen LogP contribution < -0.4 is 15.6 Å². The van der Waals surface area contributed by atoms with E-state index in [1.54, 1.807) is 30.5 Å². The van der Waals surface area contributed by atoms with Gasteiger partial charge in [-0.05, 0) is 49.2 Å². The van der Waals surface area contributed by atoms with Gasteiger partial charge in [0.1, 0.15) is 18.0 Å². The van der Waals surface area contributed by atoms with Gasteiger partial charge < -0.3 is 14.5 Å². The summed E-state index contributed by atoms with van der Waals surface area (Å²) in [6.45, 7) is 3.94. The second-order valence-corrected chi connectivity index (χ2v) is 6.67. The van der Waals surface area contributed by atoms with Crippen LogP contribution in [0.2, 0.25) is 0 Å². The van der Waals surface area contributed by atoms with Crippen molar-refractivity contribution in [2.75, 3.05) is 5.32 Å². The van der Waals surface area contributed by atoms with Crippen molar-refractivity contribution < 1.29 is 13.9 Å². The molecule has 0 spiro atoms. The van der Waals surface area contributed by atoms with E-state index >= 15 is 0 Å². The first-order valence-electron chi connectivity index (χ1n) is 9.07. The largest absolute Gasteiger partial charge is 0.487 e. The minimum atomic E-state index is -0.343. The van der Waals surface area contributed by atoms with E-state index in [-0.39, 0.29) is 23.8 Å². The molecule has 1 amide bonds. The number of pyridine rings is 1. The minimum absolute atomic E-state index is 0.135. The number of nitrogens with zero attached hydrogens (tertiary/aromatic N) is 2. The first-order valence-corrected chi connectivity index (χ1v) is 9.07. The van der Waals surface area contributed by atoms with Crippen LogP contribution in [-0.4, -0.2) is 15.3 Å². The fourth-order valence-electron chi connectivity index (χ4n) is 2.97. The van der Waals surface area contributed by atoms with Crippen LogP contribution in [0.5, 0.6) is 5.75 Å². The van der Waals surface area contributed by atoms with Gasteiger partial charge in [-0.1, -0.05) is 12.1 Å². The summed E-state index contributed by atoms with van der Waals surface area (Å²) in [7, 11) is 0. The maximum Gasteiger partial charge on any atom is 0.291 e. The first kappa shape index (κ1) is 18.5. The number of carbonyl (C=O) groups excluding carboxylic acids is 1. The minimum Gasteiger partial charge on any atom is -0.487 e. The van der Waals surface area contributed by atoms with E-state index in [9.17, 15) is 9.59 Å². The van der Waals surface area contributed by atoms with Crippen molar-refractivity contribution in [2.24, 2.45) is 0 Å². The number of carbonyl (C=O) groups is 1. The number of rotatable bonds is 5. The Morgan fingerprint density at radius 2 is 2.00 bits per heavy atom. The lowest BCUT2D eigenvalue weighted by Gasteiger charge is -2.12. The number of ether oxygens (including phenoxy) is 1. The number of hydrogen-bond acceptors (Lipinski definition) is 5. The van der Waals surface area contributed by atoms with Crippen molar-refractivity contribution in [1.29, 1.82) is 0 Å². The quantitative estimate of drug-likeness (QED) is 0.562. The molecule has 29 heavy (non-hydrogen) atoms. The first-order chi connectivity index (χ1) is 14.0. The van der Waals surface area contributed by atoms with Crippen LogP contribution in [0.3, 0.4) is 0 Å². The van der Waals surface area contributed by atoms with Gasteiger partial charge in [0.2, 0.25) is 0 Å². The highest BCUT2D eigenvalue weighted by Crippen LogP contribution is 2.24. The molecule has 0 fully saturated rings. The van der Waals surface area contributed by atoms with Crippen molar-refractivity contribution in [3.63, 3.8) is 0 Å². The summed E-state index contributed by atoms with van der Waals surface area (Å²) in [6, 6.07) is 13.8. The molecule has 3 aromatic heterocycles. The molecule has 4 rings (SSSR count). The Morgan fingerprint density at radius 3 is 2.79 bits per heavy atom. The molecule has 0 aliphatic carbocycles. The van der Waals surface area contributed by atoms with E-state index in [0.29, 0.717) is 22.8 Å². The van der Waals surface area contributed by atoms with E-state index in [1.165, 1.54) is 16.7 Å². The molecular formula is C22H19N3O4. The smallest absolute Gasteiger partial charge is 0.291 e. The van der Waals surface area contributed by atoms with Gasteiger partial charge in [0, 0.05) is 24.0 Å². The molecular weight excluding hydrogens is 370 g/mol. The zero-order valence-corrected chi connectivity index (χ0v) is 16.0. The number of aryl methyl sites for hydroxylation is 2. The Morgan fingerprint density at radius 1 is 1.14 bits per heavy atom. The van der Waals surface area contributed by atoms with Crippen LogP contribution in [0.25, 0.3) is 5.65 Å². The molecule has 0 unspecified atom stereocenters. The monoisotopic (exact) mass is 389 g/mol. The Kier molecular flexibility index (Phi) is 4.87. The molecule has 0 atom stereocenters. The Balaban J connectivity index is 1.54. The molecule has 7 nitrogen and oxygen atoms in total. The van der Waals surface area contributed by atoms with Crippen LogP contribution in [0.4, 0.5) is 5.69 Å². The summed E-state index contributed by atoms with van der Waals surface area (Å²) in [5.74, 6) is 0.475. The second-order valence-electron chi connectivity index (χ2n) is 6.67. The lowest BCUT2D eigenvalue weighted by molar-refractivity contribution is 0.0996. The molecule has 0 saturated heterocycles. The number of furan rings is 1. The second kappa shape index (κ2) is 7.63.